The van der Waals surface area contributed by atoms with Crippen LogP contribution in [0.5, 0.6) is 0 Å². The summed E-state index contributed by atoms with van der Waals surface area (Å²) in [5, 5.41) is 3.97. The number of hydrogen-bond donors (Lipinski definition) is 1. The molecular weight excluding hydrogens is 313 g/mol. The SMILES string of the molecule is NCC(=O)OCC1CC(c2ccc(-c3ccccc3F)cn2)=NO1. The molecule has 0 radical (unpaired) electrons. The van der Waals surface area contributed by atoms with Gasteiger partial charge < -0.3 is 15.3 Å². The molecule has 2 aromatic rings. The quantitative estimate of drug-likeness (QED) is 0.847. The zero-order valence-electron chi connectivity index (χ0n) is 12.8. The Hall–Kier alpha value is -2.80. The predicted octanol–water partition coefficient (Wildman–Crippen LogP) is 1.88. The molecule has 3 rings (SSSR count). The van der Waals surface area contributed by atoms with Crippen LogP contribution in [0.2, 0.25) is 0 Å². The minimum absolute atomic E-state index is 0.0936. The Balaban J connectivity index is 1.65. The minimum atomic E-state index is -0.487. The van der Waals surface area contributed by atoms with Gasteiger partial charge in [-0.1, -0.05) is 29.4 Å². The molecule has 2 N–H and O–H groups in total. The molecule has 1 aromatic carbocycles. The lowest BCUT2D eigenvalue weighted by atomic mass is 10.1. The summed E-state index contributed by atoms with van der Waals surface area (Å²) < 4.78 is 18.7. The first kappa shape index (κ1) is 16.1. The Kier molecular flexibility index (Phi) is 4.81. The predicted molar refractivity (Wildman–Crippen MR) is 85.7 cm³/mol. The van der Waals surface area contributed by atoms with Crippen LogP contribution in [0.25, 0.3) is 11.1 Å². The fraction of sp³-hybridized carbons (Fsp3) is 0.235. The first-order valence-electron chi connectivity index (χ1n) is 7.47. The van der Waals surface area contributed by atoms with Gasteiger partial charge in [-0.15, -0.1) is 0 Å². The highest BCUT2D eigenvalue weighted by atomic mass is 19.1. The molecule has 6 nitrogen and oxygen atoms in total. The maximum absolute atomic E-state index is 13.8. The van der Waals surface area contributed by atoms with E-state index in [0.717, 1.165) is 0 Å². The number of carbonyl (C=O) groups is 1. The summed E-state index contributed by atoms with van der Waals surface area (Å²) in [6.07, 6.45) is 1.73. The normalized spacial score (nSPS) is 16.4. The van der Waals surface area contributed by atoms with Gasteiger partial charge in [0.05, 0.1) is 12.2 Å². The second kappa shape index (κ2) is 7.18. The number of carbonyl (C=O) groups excluding carboxylic acids is 1. The first-order chi connectivity index (χ1) is 11.7. The molecule has 0 aliphatic carbocycles. The smallest absolute Gasteiger partial charge is 0.319 e. The van der Waals surface area contributed by atoms with Crippen LogP contribution in [0.3, 0.4) is 0 Å². The molecule has 2 heterocycles. The summed E-state index contributed by atoms with van der Waals surface area (Å²) >= 11 is 0. The van der Waals surface area contributed by atoms with Crippen LogP contribution in [0, 0.1) is 5.82 Å². The van der Waals surface area contributed by atoms with Gasteiger partial charge in [0.15, 0.2) is 6.10 Å². The molecule has 1 aliphatic rings. The molecular formula is C17H16FN3O3. The fourth-order valence-electron chi connectivity index (χ4n) is 2.33. The third kappa shape index (κ3) is 3.57. The zero-order valence-corrected chi connectivity index (χ0v) is 12.8. The van der Waals surface area contributed by atoms with Crippen molar-refractivity contribution in [1.29, 1.82) is 0 Å². The molecule has 0 saturated carbocycles. The maximum Gasteiger partial charge on any atom is 0.319 e. The number of benzene rings is 1. The topological polar surface area (TPSA) is 86.8 Å². The fourth-order valence-corrected chi connectivity index (χ4v) is 2.33. The van der Waals surface area contributed by atoms with Crippen molar-refractivity contribution in [2.45, 2.75) is 12.5 Å². The highest BCUT2D eigenvalue weighted by Gasteiger charge is 2.24. The van der Waals surface area contributed by atoms with Gasteiger partial charge in [-0.05, 0) is 12.1 Å². The lowest BCUT2D eigenvalue weighted by molar-refractivity contribution is -0.145. The van der Waals surface area contributed by atoms with E-state index in [1.165, 1.54) is 6.07 Å². The number of hydrogen-bond acceptors (Lipinski definition) is 6. The summed E-state index contributed by atoms with van der Waals surface area (Å²) in [5.41, 5.74) is 7.64. The molecule has 1 aromatic heterocycles. The van der Waals surface area contributed by atoms with Crippen molar-refractivity contribution in [3.63, 3.8) is 0 Å². The summed E-state index contributed by atoms with van der Waals surface area (Å²) in [4.78, 5) is 20.6. The van der Waals surface area contributed by atoms with E-state index in [4.69, 9.17) is 15.3 Å². The minimum Gasteiger partial charge on any atom is -0.461 e. The number of ether oxygens (including phenoxy) is 1. The molecule has 1 aliphatic heterocycles. The maximum atomic E-state index is 13.8. The van der Waals surface area contributed by atoms with Gasteiger partial charge in [0.1, 0.15) is 18.1 Å². The van der Waals surface area contributed by atoms with Gasteiger partial charge in [0, 0.05) is 23.7 Å². The number of rotatable bonds is 5. The standard InChI is InChI=1S/C17H16FN3O3/c18-14-4-2-1-3-13(14)11-5-6-15(20-9-11)16-7-12(24-21-16)10-23-17(22)8-19/h1-6,9,12H,7-8,10,19H2. The van der Waals surface area contributed by atoms with Gasteiger partial charge >= 0.3 is 5.97 Å². The Morgan fingerprint density at radius 2 is 2.17 bits per heavy atom. The Labute approximate surface area is 138 Å². The Morgan fingerprint density at radius 1 is 1.33 bits per heavy atom. The van der Waals surface area contributed by atoms with E-state index in [1.807, 2.05) is 0 Å². The zero-order chi connectivity index (χ0) is 16.9. The number of halogens is 1. The third-order valence-corrected chi connectivity index (χ3v) is 3.57. The Morgan fingerprint density at radius 3 is 2.88 bits per heavy atom. The van der Waals surface area contributed by atoms with Crippen LogP contribution in [-0.4, -0.2) is 35.9 Å². The first-order valence-corrected chi connectivity index (χ1v) is 7.47. The second-order valence-electron chi connectivity index (χ2n) is 5.27. The summed E-state index contributed by atoms with van der Waals surface area (Å²) in [7, 11) is 0. The van der Waals surface area contributed by atoms with Crippen LogP contribution in [0.15, 0.2) is 47.8 Å². The van der Waals surface area contributed by atoms with Crippen molar-refractivity contribution < 1.29 is 18.8 Å². The summed E-state index contributed by atoms with van der Waals surface area (Å²) in [5.74, 6) is -0.783. The van der Waals surface area contributed by atoms with Crippen molar-refractivity contribution >= 4 is 11.7 Å². The van der Waals surface area contributed by atoms with Crippen molar-refractivity contribution in [2.24, 2.45) is 10.9 Å². The van der Waals surface area contributed by atoms with Crippen LogP contribution in [-0.2, 0) is 14.4 Å². The van der Waals surface area contributed by atoms with Gasteiger partial charge in [-0.2, -0.15) is 0 Å². The van der Waals surface area contributed by atoms with E-state index in [-0.39, 0.29) is 25.1 Å². The van der Waals surface area contributed by atoms with Crippen LogP contribution in [0.4, 0.5) is 4.39 Å². The molecule has 24 heavy (non-hydrogen) atoms. The van der Waals surface area contributed by atoms with E-state index in [9.17, 15) is 9.18 Å². The number of aromatic nitrogens is 1. The van der Waals surface area contributed by atoms with E-state index in [2.05, 4.69) is 10.1 Å². The van der Waals surface area contributed by atoms with Gasteiger partial charge in [0.2, 0.25) is 0 Å². The van der Waals surface area contributed by atoms with Gasteiger partial charge in [-0.25, -0.2) is 4.39 Å². The second-order valence-corrected chi connectivity index (χ2v) is 5.27. The highest BCUT2D eigenvalue weighted by molar-refractivity contribution is 5.99. The molecule has 124 valence electrons. The van der Waals surface area contributed by atoms with Crippen LogP contribution < -0.4 is 5.73 Å². The van der Waals surface area contributed by atoms with E-state index in [0.29, 0.717) is 29.0 Å². The Bertz CT molecular complexity index is 762. The molecule has 1 atom stereocenters. The lowest BCUT2D eigenvalue weighted by Gasteiger charge is -2.08. The monoisotopic (exact) mass is 329 g/mol. The summed E-state index contributed by atoms with van der Waals surface area (Å²) in [6.45, 7) is -0.0736. The molecule has 0 spiro atoms. The van der Waals surface area contributed by atoms with Crippen molar-refractivity contribution in [2.75, 3.05) is 13.2 Å². The van der Waals surface area contributed by atoms with Crippen LogP contribution >= 0.6 is 0 Å². The van der Waals surface area contributed by atoms with Gasteiger partial charge in [-0.3, -0.25) is 9.78 Å². The number of nitrogens with zero attached hydrogens (tertiary/aromatic N) is 2. The van der Waals surface area contributed by atoms with E-state index < -0.39 is 5.97 Å². The average Bonchev–Trinajstić information content (AvgIpc) is 3.09. The molecule has 1 unspecified atom stereocenters. The number of oxime groups is 1. The largest absolute Gasteiger partial charge is 0.461 e. The van der Waals surface area contributed by atoms with Gasteiger partial charge in [0.25, 0.3) is 0 Å². The highest BCUT2D eigenvalue weighted by Crippen LogP contribution is 2.23. The number of nitrogens with two attached hydrogens (primary N) is 1. The lowest BCUT2D eigenvalue weighted by Crippen LogP contribution is -2.23. The molecule has 0 fully saturated rings. The van der Waals surface area contributed by atoms with Crippen molar-refractivity contribution in [3.05, 3.63) is 54.1 Å². The average molecular weight is 329 g/mol. The van der Waals surface area contributed by atoms with E-state index >= 15 is 0 Å². The van der Waals surface area contributed by atoms with Crippen molar-refractivity contribution in [1.82, 2.24) is 4.98 Å². The van der Waals surface area contributed by atoms with E-state index in [1.54, 1.807) is 36.5 Å². The molecule has 0 saturated heterocycles. The molecule has 7 heteroatoms. The number of esters is 1. The molecule has 0 amide bonds. The molecule has 0 bridgehead atoms. The van der Waals surface area contributed by atoms with Crippen LogP contribution in [0.1, 0.15) is 12.1 Å². The van der Waals surface area contributed by atoms with Crippen molar-refractivity contribution in [3.8, 4) is 11.1 Å². The summed E-state index contributed by atoms with van der Waals surface area (Å²) in [6, 6.07) is 10.1. The number of pyridine rings is 1. The third-order valence-electron chi connectivity index (χ3n) is 3.57.